The van der Waals surface area contributed by atoms with E-state index in [1.165, 1.54) is 24.0 Å². The van der Waals surface area contributed by atoms with E-state index in [1.54, 1.807) is 0 Å². The molecule has 0 amide bonds. The lowest BCUT2D eigenvalue weighted by Gasteiger charge is -2.11. The minimum Gasteiger partial charge on any atom is -0.370 e. The van der Waals surface area contributed by atoms with Crippen LogP contribution in [0.3, 0.4) is 0 Å². The number of hydrogen-bond donors (Lipinski definition) is 2. The van der Waals surface area contributed by atoms with E-state index in [2.05, 4.69) is 41.3 Å². The number of nitrogens with two attached hydrogens (primary N) is 1. The number of nitrogen functional groups attached to an aromatic ring is 1. The third-order valence-corrected chi connectivity index (χ3v) is 3.89. The third kappa shape index (κ3) is 2.74. The number of aryl methyl sites for hydroxylation is 1. The summed E-state index contributed by atoms with van der Waals surface area (Å²) in [6.07, 6.45) is 2.63. The van der Waals surface area contributed by atoms with Gasteiger partial charge in [0.2, 0.25) is 5.95 Å². The van der Waals surface area contributed by atoms with Crippen molar-refractivity contribution in [1.29, 1.82) is 0 Å². The van der Waals surface area contributed by atoms with Gasteiger partial charge in [-0.05, 0) is 43.7 Å². The molecule has 4 heteroatoms. The molecule has 0 atom stereocenters. The van der Waals surface area contributed by atoms with E-state index >= 15 is 0 Å². The third-order valence-electron chi connectivity index (χ3n) is 3.89. The van der Waals surface area contributed by atoms with Crippen LogP contribution in [-0.4, -0.2) is 16.5 Å². The molecule has 0 saturated heterocycles. The lowest BCUT2D eigenvalue weighted by atomic mass is 10.0. The van der Waals surface area contributed by atoms with Crippen LogP contribution < -0.4 is 11.1 Å². The monoisotopic (exact) mass is 268 g/mol. The molecule has 1 aliphatic rings. The van der Waals surface area contributed by atoms with Crippen LogP contribution in [0.2, 0.25) is 0 Å². The average Bonchev–Trinajstić information content (AvgIpc) is 3.23. The van der Waals surface area contributed by atoms with Crippen LogP contribution in [0.4, 0.5) is 11.8 Å². The summed E-state index contributed by atoms with van der Waals surface area (Å²) >= 11 is 0. The predicted molar refractivity (Wildman–Crippen MR) is 82.6 cm³/mol. The summed E-state index contributed by atoms with van der Waals surface area (Å²) in [5.41, 5.74) is 10.3. The zero-order valence-electron chi connectivity index (χ0n) is 12.0. The standard InChI is InChI=1S/C16H20N4/c1-10-4-3-5-13(11(10)2)14-8-15(20-16(17)19-14)18-9-12-6-7-12/h3-5,8,12H,6-7,9H2,1-2H3,(H3,17,18,19,20). The number of nitrogens with zero attached hydrogens (tertiary/aromatic N) is 2. The predicted octanol–water partition coefficient (Wildman–Crippen LogP) is 3.16. The van der Waals surface area contributed by atoms with Gasteiger partial charge in [-0.1, -0.05) is 18.2 Å². The van der Waals surface area contributed by atoms with Crippen LogP contribution in [-0.2, 0) is 0 Å². The molecule has 0 bridgehead atoms. The maximum Gasteiger partial charge on any atom is 0.222 e. The highest BCUT2D eigenvalue weighted by Gasteiger charge is 2.21. The van der Waals surface area contributed by atoms with Crippen molar-refractivity contribution >= 4 is 11.8 Å². The van der Waals surface area contributed by atoms with Gasteiger partial charge in [-0.3, -0.25) is 0 Å². The molecule has 3 N–H and O–H groups in total. The molecule has 1 heterocycles. The normalized spacial score (nSPS) is 14.3. The summed E-state index contributed by atoms with van der Waals surface area (Å²) in [5.74, 6) is 1.94. The molecule has 1 aromatic carbocycles. The minimum atomic E-state index is 0.321. The fourth-order valence-electron chi connectivity index (χ4n) is 2.29. The zero-order valence-corrected chi connectivity index (χ0v) is 12.0. The average molecular weight is 268 g/mol. The molecule has 1 saturated carbocycles. The van der Waals surface area contributed by atoms with Crippen molar-refractivity contribution < 1.29 is 0 Å². The Morgan fingerprint density at radius 3 is 2.80 bits per heavy atom. The number of aromatic nitrogens is 2. The van der Waals surface area contributed by atoms with E-state index in [1.807, 2.05) is 12.1 Å². The molecule has 1 aliphatic carbocycles. The molecule has 3 rings (SSSR count). The van der Waals surface area contributed by atoms with Gasteiger partial charge < -0.3 is 11.1 Å². The molecule has 0 radical (unpaired) electrons. The van der Waals surface area contributed by atoms with E-state index < -0.39 is 0 Å². The SMILES string of the molecule is Cc1cccc(-c2cc(NCC3CC3)nc(N)n2)c1C. The first-order chi connectivity index (χ1) is 9.63. The molecule has 0 aliphatic heterocycles. The minimum absolute atomic E-state index is 0.321. The summed E-state index contributed by atoms with van der Waals surface area (Å²) in [7, 11) is 0. The van der Waals surface area contributed by atoms with Gasteiger partial charge in [0.25, 0.3) is 0 Å². The van der Waals surface area contributed by atoms with Crippen LogP contribution in [0.25, 0.3) is 11.3 Å². The molecule has 1 fully saturated rings. The fourth-order valence-corrected chi connectivity index (χ4v) is 2.29. The maximum atomic E-state index is 5.84. The highest BCUT2D eigenvalue weighted by Crippen LogP contribution is 2.30. The molecule has 0 unspecified atom stereocenters. The smallest absolute Gasteiger partial charge is 0.222 e. The Balaban J connectivity index is 1.93. The largest absolute Gasteiger partial charge is 0.370 e. The van der Waals surface area contributed by atoms with Gasteiger partial charge in [0.1, 0.15) is 5.82 Å². The maximum absolute atomic E-state index is 5.84. The molecule has 2 aromatic rings. The second-order valence-corrected chi connectivity index (χ2v) is 5.57. The fraction of sp³-hybridized carbons (Fsp3) is 0.375. The molecule has 1 aromatic heterocycles. The highest BCUT2D eigenvalue weighted by molar-refractivity contribution is 5.68. The summed E-state index contributed by atoms with van der Waals surface area (Å²) in [6.45, 7) is 5.19. The van der Waals surface area contributed by atoms with Gasteiger partial charge in [-0.2, -0.15) is 4.98 Å². The Morgan fingerprint density at radius 1 is 1.25 bits per heavy atom. The van der Waals surface area contributed by atoms with Gasteiger partial charge in [0.05, 0.1) is 5.69 Å². The van der Waals surface area contributed by atoms with E-state index in [4.69, 9.17) is 5.73 Å². The van der Waals surface area contributed by atoms with Gasteiger partial charge in [-0.15, -0.1) is 0 Å². The summed E-state index contributed by atoms with van der Waals surface area (Å²) < 4.78 is 0. The highest BCUT2D eigenvalue weighted by atomic mass is 15.1. The Labute approximate surface area is 119 Å². The first-order valence-corrected chi connectivity index (χ1v) is 7.08. The van der Waals surface area contributed by atoms with Crippen molar-refractivity contribution in [2.75, 3.05) is 17.6 Å². The molecule has 0 spiro atoms. The van der Waals surface area contributed by atoms with Gasteiger partial charge in [-0.25, -0.2) is 4.98 Å². The number of nitrogens with one attached hydrogen (secondary N) is 1. The number of anilines is 2. The van der Waals surface area contributed by atoms with Crippen molar-refractivity contribution in [1.82, 2.24) is 9.97 Å². The molecular weight excluding hydrogens is 248 g/mol. The second kappa shape index (κ2) is 5.12. The van der Waals surface area contributed by atoms with E-state index in [-0.39, 0.29) is 0 Å². The first-order valence-electron chi connectivity index (χ1n) is 7.08. The lowest BCUT2D eigenvalue weighted by Crippen LogP contribution is -2.08. The Kier molecular flexibility index (Phi) is 3.30. The van der Waals surface area contributed by atoms with Crippen LogP contribution in [0.5, 0.6) is 0 Å². The Morgan fingerprint density at radius 2 is 2.05 bits per heavy atom. The van der Waals surface area contributed by atoms with Crippen molar-refractivity contribution in [2.24, 2.45) is 5.92 Å². The van der Waals surface area contributed by atoms with E-state index in [0.29, 0.717) is 5.95 Å². The number of hydrogen-bond acceptors (Lipinski definition) is 4. The van der Waals surface area contributed by atoms with Crippen molar-refractivity contribution in [3.8, 4) is 11.3 Å². The van der Waals surface area contributed by atoms with Crippen molar-refractivity contribution in [3.63, 3.8) is 0 Å². The first kappa shape index (κ1) is 12.9. The molecule has 20 heavy (non-hydrogen) atoms. The zero-order chi connectivity index (χ0) is 14.1. The van der Waals surface area contributed by atoms with Gasteiger partial charge >= 0.3 is 0 Å². The molecule has 4 nitrogen and oxygen atoms in total. The molecule has 104 valence electrons. The topological polar surface area (TPSA) is 63.8 Å². The Hall–Kier alpha value is -2.10. The van der Waals surface area contributed by atoms with Crippen LogP contribution in [0.15, 0.2) is 24.3 Å². The summed E-state index contributed by atoms with van der Waals surface area (Å²) in [5, 5.41) is 3.36. The van der Waals surface area contributed by atoms with E-state index in [9.17, 15) is 0 Å². The van der Waals surface area contributed by atoms with Crippen LogP contribution in [0, 0.1) is 19.8 Å². The summed E-state index contributed by atoms with van der Waals surface area (Å²) in [6, 6.07) is 8.22. The van der Waals surface area contributed by atoms with Crippen molar-refractivity contribution in [2.45, 2.75) is 26.7 Å². The quantitative estimate of drug-likeness (QED) is 0.894. The van der Waals surface area contributed by atoms with Gasteiger partial charge in [0, 0.05) is 18.2 Å². The number of benzene rings is 1. The van der Waals surface area contributed by atoms with Crippen molar-refractivity contribution in [3.05, 3.63) is 35.4 Å². The Bertz CT molecular complexity index is 632. The lowest BCUT2D eigenvalue weighted by molar-refractivity contribution is 0.882. The summed E-state index contributed by atoms with van der Waals surface area (Å²) in [4.78, 5) is 8.64. The van der Waals surface area contributed by atoms with Crippen LogP contribution in [0.1, 0.15) is 24.0 Å². The second-order valence-electron chi connectivity index (χ2n) is 5.57. The van der Waals surface area contributed by atoms with Crippen LogP contribution >= 0.6 is 0 Å². The van der Waals surface area contributed by atoms with Gasteiger partial charge in [0.15, 0.2) is 0 Å². The molecular formula is C16H20N4. The number of rotatable bonds is 4. The van der Waals surface area contributed by atoms with E-state index in [0.717, 1.165) is 29.5 Å².